The van der Waals surface area contributed by atoms with E-state index in [9.17, 15) is 10.1 Å². The second-order valence-electron chi connectivity index (χ2n) is 13.0. The lowest BCUT2D eigenvalue weighted by atomic mass is 9.94. The third kappa shape index (κ3) is 5.90. The van der Waals surface area contributed by atoms with Crippen LogP contribution in [0.25, 0.3) is 43.4 Å². The molecule has 0 saturated carbocycles. The Morgan fingerprint density at radius 1 is 0.358 bits per heavy atom. The van der Waals surface area contributed by atoms with Gasteiger partial charge in [-0.05, 0) is 99.2 Å². The molecule has 0 aromatic heterocycles. The summed E-state index contributed by atoms with van der Waals surface area (Å²) < 4.78 is 0. The largest absolute Gasteiger partial charge is 0.310 e. The highest BCUT2D eigenvalue weighted by Gasteiger charge is 2.24. The Labute approximate surface area is 307 Å². The topological polar surface area (TPSA) is 49.6 Å². The first-order valence-corrected chi connectivity index (χ1v) is 17.6. The fourth-order valence-electron chi connectivity index (χ4n) is 7.41. The van der Waals surface area contributed by atoms with E-state index in [2.05, 4.69) is 113 Å². The standard InChI is InChI=1S/C48H33N3O2/c52-51(53)48-33-42(49(38-17-3-1-4-18-38)40-25-23-34-13-7-9-15-36(34)31-40)27-28-46(48)44-29-30-47(45-22-12-11-21-43(44)45)50(39-19-5-2-6-20-39)41-26-24-35-14-8-10-16-37(35)32-41/h1-33H. The molecule has 53 heavy (non-hydrogen) atoms. The first-order valence-electron chi connectivity index (χ1n) is 17.6. The summed E-state index contributed by atoms with van der Waals surface area (Å²) in [5, 5.41) is 19.4. The zero-order chi connectivity index (χ0) is 35.7. The predicted octanol–water partition coefficient (Wildman–Crippen LogP) is 13.7. The molecule has 0 aliphatic carbocycles. The van der Waals surface area contributed by atoms with Crippen molar-refractivity contribution in [2.75, 3.05) is 9.80 Å². The van der Waals surface area contributed by atoms with Gasteiger partial charge in [0.1, 0.15) is 0 Å². The van der Waals surface area contributed by atoms with Gasteiger partial charge in [0, 0.05) is 34.2 Å². The fraction of sp³-hybridized carbons (Fsp3) is 0. The second kappa shape index (κ2) is 13.5. The van der Waals surface area contributed by atoms with Gasteiger partial charge < -0.3 is 9.80 Å². The van der Waals surface area contributed by atoms with E-state index in [0.717, 1.165) is 60.9 Å². The Kier molecular flexibility index (Phi) is 8.06. The van der Waals surface area contributed by atoms with E-state index in [0.29, 0.717) is 11.3 Å². The number of hydrogen-bond acceptors (Lipinski definition) is 4. The number of benzene rings is 9. The third-order valence-corrected chi connectivity index (χ3v) is 9.88. The zero-order valence-electron chi connectivity index (χ0n) is 28.7. The van der Waals surface area contributed by atoms with Gasteiger partial charge in [-0.3, -0.25) is 10.1 Å². The minimum atomic E-state index is -0.267. The molecule has 0 fully saturated rings. The van der Waals surface area contributed by atoms with Crippen molar-refractivity contribution in [2.24, 2.45) is 0 Å². The van der Waals surface area contributed by atoms with Gasteiger partial charge in [-0.2, -0.15) is 0 Å². The van der Waals surface area contributed by atoms with Crippen molar-refractivity contribution in [3.63, 3.8) is 0 Å². The van der Waals surface area contributed by atoms with Crippen molar-refractivity contribution in [3.8, 4) is 11.1 Å². The van der Waals surface area contributed by atoms with Crippen LogP contribution in [0, 0.1) is 10.1 Å². The van der Waals surface area contributed by atoms with Crippen molar-refractivity contribution in [3.05, 3.63) is 210 Å². The van der Waals surface area contributed by atoms with E-state index in [1.165, 1.54) is 5.39 Å². The normalized spacial score (nSPS) is 11.2. The summed E-state index contributed by atoms with van der Waals surface area (Å²) >= 11 is 0. The molecule has 0 bridgehead atoms. The molecule has 0 heterocycles. The molecule has 0 atom stereocenters. The van der Waals surface area contributed by atoms with Gasteiger partial charge in [0.05, 0.1) is 21.9 Å². The molecule has 5 nitrogen and oxygen atoms in total. The van der Waals surface area contributed by atoms with Gasteiger partial charge in [-0.15, -0.1) is 0 Å². The monoisotopic (exact) mass is 683 g/mol. The molecule has 0 N–H and O–H groups in total. The van der Waals surface area contributed by atoms with E-state index in [1.54, 1.807) is 6.07 Å². The van der Waals surface area contributed by atoms with Crippen LogP contribution in [0.15, 0.2) is 200 Å². The first kappa shape index (κ1) is 31.7. The maximum atomic E-state index is 13.0. The molecule has 0 aliphatic heterocycles. The summed E-state index contributed by atoms with van der Waals surface area (Å²) in [5.74, 6) is 0. The van der Waals surface area contributed by atoms with Crippen LogP contribution in [0.3, 0.4) is 0 Å². The number of nitrogens with zero attached hydrogens (tertiary/aromatic N) is 3. The van der Waals surface area contributed by atoms with Crippen molar-refractivity contribution in [2.45, 2.75) is 0 Å². The summed E-state index contributed by atoms with van der Waals surface area (Å²) in [4.78, 5) is 17.1. The number of fused-ring (bicyclic) bond motifs is 3. The predicted molar refractivity (Wildman–Crippen MR) is 220 cm³/mol. The highest BCUT2D eigenvalue weighted by molar-refractivity contribution is 6.08. The Morgan fingerprint density at radius 3 is 1.42 bits per heavy atom. The molecule has 252 valence electrons. The molecule has 0 spiro atoms. The van der Waals surface area contributed by atoms with Crippen LogP contribution in [0.5, 0.6) is 0 Å². The fourth-order valence-corrected chi connectivity index (χ4v) is 7.41. The van der Waals surface area contributed by atoms with Crippen molar-refractivity contribution >= 4 is 72.1 Å². The molecule has 9 rings (SSSR count). The van der Waals surface area contributed by atoms with Crippen LogP contribution in [-0.4, -0.2) is 4.92 Å². The lowest BCUT2D eigenvalue weighted by Gasteiger charge is -2.28. The molecule has 9 aromatic carbocycles. The number of rotatable bonds is 8. The van der Waals surface area contributed by atoms with Crippen molar-refractivity contribution < 1.29 is 4.92 Å². The Hall–Kier alpha value is -7.24. The summed E-state index contributed by atoms with van der Waals surface area (Å²) in [6.45, 7) is 0. The number of nitro benzene ring substituents is 1. The van der Waals surface area contributed by atoms with Crippen LogP contribution < -0.4 is 9.80 Å². The van der Waals surface area contributed by atoms with Gasteiger partial charge in [0.25, 0.3) is 5.69 Å². The van der Waals surface area contributed by atoms with Gasteiger partial charge >= 0.3 is 0 Å². The Balaban J connectivity index is 1.20. The first-order chi connectivity index (χ1) is 26.1. The molecule has 5 heteroatoms. The molecular weight excluding hydrogens is 651 g/mol. The lowest BCUT2D eigenvalue weighted by Crippen LogP contribution is -2.11. The number of anilines is 6. The minimum Gasteiger partial charge on any atom is -0.310 e. The maximum Gasteiger partial charge on any atom is 0.279 e. The number of para-hydroxylation sites is 2. The van der Waals surface area contributed by atoms with Gasteiger partial charge in [-0.1, -0.05) is 127 Å². The van der Waals surface area contributed by atoms with Gasteiger partial charge in [0.15, 0.2) is 0 Å². The molecule has 0 unspecified atom stereocenters. The van der Waals surface area contributed by atoms with E-state index in [1.807, 2.05) is 91.0 Å². The average molecular weight is 684 g/mol. The van der Waals surface area contributed by atoms with Crippen LogP contribution in [0.4, 0.5) is 39.8 Å². The van der Waals surface area contributed by atoms with E-state index >= 15 is 0 Å². The molecule has 0 aliphatic rings. The summed E-state index contributed by atoms with van der Waals surface area (Å²) in [6, 6.07) is 67.5. The van der Waals surface area contributed by atoms with Gasteiger partial charge in [0.2, 0.25) is 0 Å². The second-order valence-corrected chi connectivity index (χ2v) is 13.0. The quantitative estimate of drug-likeness (QED) is 0.118. The van der Waals surface area contributed by atoms with Crippen LogP contribution in [-0.2, 0) is 0 Å². The van der Waals surface area contributed by atoms with E-state index < -0.39 is 0 Å². The van der Waals surface area contributed by atoms with E-state index in [4.69, 9.17) is 0 Å². The van der Waals surface area contributed by atoms with Crippen LogP contribution >= 0.6 is 0 Å². The minimum absolute atomic E-state index is 0.0385. The van der Waals surface area contributed by atoms with E-state index in [-0.39, 0.29) is 10.6 Å². The molecule has 9 aromatic rings. The maximum absolute atomic E-state index is 13.0. The van der Waals surface area contributed by atoms with Crippen LogP contribution in [0.2, 0.25) is 0 Å². The average Bonchev–Trinajstić information content (AvgIpc) is 3.22. The number of nitro groups is 1. The summed E-state index contributed by atoms with van der Waals surface area (Å²) in [7, 11) is 0. The summed E-state index contributed by atoms with van der Waals surface area (Å²) in [6.07, 6.45) is 0. The zero-order valence-corrected chi connectivity index (χ0v) is 28.7. The van der Waals surface area contributed by atoms with Gasteiger partial charge in [-0.25, -0.2) is 0 Å². The molecule has 0 amide bonds. The van der Waals surface area contributed by atoms with Crippen molar-refractivity contribution in [1.82, 2.24) is 0 Å². The third-order valence-electron chi connectivity index (χ3n) is 9.88. The highest BCUT2D eigenvalue weighted by atomic mass is 16.6. The van der Waals surface area contributed by atoms with Crippen molar-refractivity contribution in [1.29, 1.82) is 0 Å². The van der Waals surface area contributed by atoms with Crippen LogP contribution in [0.1, 0.15) is 0 Å². The highest BCUT2D eigenvalue weighted by Crippen LogP contribution is 2.46. The Bertz CT molecular complexity index is 2780. The summed E-state index contributed by atoms with van der Waals surface area (Å²) in [5.41, 5.74) is 6.96. The molecule has 0 saturated heterocycles. The lowest BCUT2D eigenvalue weighted by molar-refractivity contribution is -0.384. The SMILES string of the molecule is O=[N+]([O-])c1cc(N(c2ccccc2)c2ccc3ccccc3c2)ccc1-c1ccc(N(c2ccccc2)c2ccc3ccccc3c2)c2ccccc12. The number of hydrogen-bond donors (Lipinski definition) is 0. The smallest absolute Gasteiger partial charge is 0.279 e. The molecule has 0 radical (unpaired) electrons. The Morgan fingerprint density at radius 2 is 0.811 bits per heavy atom. The molecular formula is C48H33N3O2.